The molecule has 0 radical (unpaired) electrons. The van der Waals surface area contributed by atoms with E-state index in [-0.39, 0.29) is 41.4 Å². The van der Waals surface area contributed by atoms with Crippen LogP contribution in [0.3, 0.4) is 0 Å². The summed E-state index contributed by atoms with van der Waals surface area (Å²) in [4.78, 5) is 13.9. The average Bonchev–Trinajstić information content (AvgIpc) is 2.94. The number of hydrogen-bond acceptors (Lipinski definition) is 5. The molecule has 0 unspecified atom stereocenters. The summed E-state index contributed by atoms with van der Waals surface area (Å²) in [7, 11) is -4.33. The Hall–Kier alpha value is -3.22. The molecular weight excluding hydrogens is 605 g/mol. The molecule has 1 N–H and O–H groups in total. The molecule has 13 heteroatoms. The number of carbonyl (C=O) groups excluding carboxylic acids is 1. The molecule has 1 aliphatic rings. The van der Waals surface area contributed by atoms with Crippen molar-refractivity contribution in [1.82, 2.24) is 4.90 Å². The Bertz CT molecular complexity index is 1540. The molecule has 0 aromatic heterocycles. The molecule has 42 heavy (non-hydrogen) atoms. The van der Waals surface area contributed by atoms with Gasteiger partial charge in [-0.05, 0) is 73.0 Å². The molecule has 2 atom stereocenters. The maximum atomic E-state index is 14.8. The Balaban J connectivity index is 1.48. The summed E-state index contributed by atoms with van der Waals surface area (Å²) in [5, 5.41) is 9.66. The second kappa shape index (κ2) is 12.2. The average molecular weight is 632 g/mol. The first kappa shape index (κ1) is 31.7. The van der Waals surface area contributed by atoms with Crippen molar-refractivity contribution in [2.75, 3.05) is 19.7 Å². The van der Waals surface area contributed by atoms with Gasteiger partial charge in [-0.3, -0.25) is 0 Å². The van der Waals surface area contributed by atoms with Crippen LogP contribution in [0.1, 0.15) is 41.7 Å². The molecule has 0 aliphatic carbocycles. The smallest absolute Gasteiger partial charge is 0.416 e. The highest BCUT2D eigenvalue weighted by Gasteiger charge is 2.40. The molecular formula is C29H27ClF5NO5S. The molecule has 1 saturated heterocycles. The number of likely N-dealkylation sites (tertiary alicyclic amines) is 1. The third-order valence-electron chi connectivity index (χ3n) is 7.30. The van der Waals surface area contributed by atoms with Crippen molar-refractivity contribution in [3.05, 3.63) is 100 Å². The first-order valence-electron chi connectivity index (χ1n) is 12.9. The molecule has 1 heterocycles. The summed E-state index contributed by atoms with van der Waals surface area (Å²) in [5.41, 5.74) is -2.86. The Morgan fingerprint density at radius 2 is 1.69 bits per heavy atom. The second-order valence-corrected chi connectivity index (χ2v) is 12.7. The van der Waals surface area contributed by atoms with Crippen LogP contribution in [0.15, 0.2) is 71.6 Å². The summed E-state index contributed by atoms with van der Waals surface area (Å²) in [5.74, 6) is -2.85. The van der Waals surface area contributed by atoms with Crippen LogP contribution in [0.25, 0.3) is 0 Å². The van der Waals surface area contributed by atoms with Crippen LogP contribution in [0, 0.1) is 17.6 Å². The molecule has 1 fully saturated rings. The van der Waals surface area contributed by atoms with Crippen LogP contribution in [0.5, 0.6) is 0 Å². The van der Waals surface area contributed by atoms with Gasteiger partial charge in [-0.1, -0.05) is 30.7 Å². The van der Waals surface area contributed by atoms with Crippen molar-refractivity contribution in [2.45, 2.75) is 41.7 Å². The van der Waals surface area contributed by atoms with Crippen molar-refractivity contribution in [3.63, 3.8) is 0 Å². The molecule has 1 amide bonds. The number of carbonyl (C=O) groups is 1. The van der Waals surface area contributed by atoms with Gasteiger partial charge in [-0.2, -0.15) is 13.2 Å². The summed E-state index contributed by atoms with van der Waals surface area (Å²) in [6.07, 6.45) is -5.57. The van der Waals surface area contributed by atoms with E-state index in [1.807, 2.05) is 0 Å². The normalized spacial score (nSPS) is 17.0. The Morgan fingerprint density at radius 1 is 1.05 bits per heavy atom. The van der Waals surface area contributed by atoms with Crippen molar-refractivity contribution >= 4 is 27.5 Å². The number of halogens is 6. The number of benzene rings is 3. The van der Waals surface area contributed by atoms with E-state index in [2.05, 4.69) is 0 Å². The number of piperidine rings is 1. The summed E-state index contributed by atoms with van der Waals surface area (Å²) >= 11 is 5.88. The topological polar surface area (TPSA) is 83.9 Å². The first-order chi connectivity index (χ1) is 19.6. The van der Waals surface area contributed by atoms with Crippen LogP contribution in [0.2, 0.25) is 5.02 Å². The number of hydrogen-bond donors (Lipinski definition) is 1. The van der Waals surface area contributed by atoms with Gasteiger partial charge in [0.1, 0.15) is 11.6 Å². The van der Waals surface area contributed by atoms with Crippen LogP contribution >= 0.6 is 11.6 Å². The standard InChI is InChI=1S/C29H27ClF5NO5S/c1-18(26(24-16-22(31)7-10-25(24)32)42(39,40)23-8-5-21(30)6-9-23)17-41-27(37)36-13-11-28(38,12-14-36)19-3-2-4-20(15-19)29(33,34)35/h2-10,15-16,18,26,38H,11-14,17H2,1H3/t18-,26+/m1/s1. The van der Waals surface area contributed by atoms with Gasteiger partial charge >= 0.3 is 12.3 Å². The van der Waals surface area contributed by atoms with Crippen LogP contribution in [-0.4, -0.2) is 44.2 Å². The largest absolute Gasteiger partial charge is 0.449 e. The molecule has 0 bridgehead atoms. The predicted octanol–water partition coefficient (Wildman–Crippen LogP) is 6.91. The maximum absolute atomic E-state index is 14.8. The van der Waals surface area contributed by atoms with Gasteiger partial charge in [0.15, 0.2) is 9.84 Å². The van der Waals surface area contributed by atoms with Gasteiger partial charge in [-0.15, -0.1) is 0 Å². The van der Waals surface area contributed by atoms with E-state index in [0.717, 1.165) is 30.3 Å². The van der Waals surface area contributed by atoms with Gasteiger partial charge in [0.2, 0.25) is 0 Å². The molecule has 6 nitrogen and oxygen atoms in total. The third-order valence-corrected chi connectivity index (χ3v) is 9.87. The minimum Gasteiger partial charge on any atom is -0.449 e. The zero-order valence-corrected chi connectivity index (χ0v) is 23.8. The lowest BCUT2D eigenvalue weighted by Crippen LogP contribution is -2.45. The Labute approximate surface area is 244 Å². The Kier molecular flexibility index (Phi) is 9.19. The molecule has 226 valence electrons. The summed E-state index contributed by atoms with van der Waals surface area (Å²) in [6.45, 7) is 0.828. The lowest BCUT2D eigenvalue weighted by molar-refractivity contribution is -0.137. The van der Waals surface area contributed by atoms with Crippen molar-refractivity contribution in [1.29, 1.82) is 0 Å². The van der Waals surface area contributed by atoms with Crippen LogP contribution in [-0.2, 0) is 26.4 Å². The van der Waals surface area contributed by atoms with E-state index in [4.69, 9.17) is 16.3 Å². The van der Waals surface area contributed by atoms with Gasteiger partial charge in [-0.25, -0.2) is 22.0 Å². The van der Waals surface area contributed by atoms with E-state index >= 15 is 0 Å². The lowest BCUT2D eigenvalue weighted by Gasteiger charge is -2.38. The Morgan fingerprint density at radius 3 is 2.31 bits per heavy atom. The fraction of sp³-hybridized carbons (Fsp3) is 0.345. The third kappa shape index (κ3) is 6.87. The SMILES string of the molecule is C[C@H](COC(=O)N1CCC(O)(c2cccc(C(F)(F)F)c2)CC1)[C@@H](c1cc(F)ccc1F)S(=O)(=O)c1ccc(Cl)cc1. The number of amides is 1. The van der Waals surface area contributed by atoms with Crippen LogP contribution in [0.4, 0.5) is 26.7 Å². The molecule has 3 aromatic rings. The van der Waals surface area contributed by atoms with Crippen molar-refractivity contribution < 1.29 is 45.0 Å². The number of nitrogens with zero attached hydrogens (tertiary/aromatic N) is 1. The molecule has 3 aromatic carbocycles. The van der Waals surface area contributed by atoms with E-state index < -0.39 is 68.2 Å². The fourth-order valence-electron chi connectivity index (χ4n) is 5.00. The molecule has 1 aliphatic heterocycles. The molecule has 4 rings (SSSR count). The quantitative estimate of drug-likeness (QED) is 0.287. The van der Waals surface area contributed by atoms with Gasteiger partial charge < -0.3 is 14.7 Å². The van der Waals surface area contributed by atoms with Gasteiger partial charge in [0.05, 0.1) is 27.9 Å². The number of rotatable bonds is 7. The van der Waals surface area contributed by atoms with Crippen molar-refractivity contribution in [2.24, 2.45) is 5.92 Å². The van der Waals surface area contributed by atoms with Crippen LogP contribution < -0.4 is 0 Å². The molecule has 0 saturated carbocycles. The lowest BCUT2D eigenvalue weighted by atomic mass is 9.84. The minimum absolute atomic E-state index is 0.0506. The maximum Gasteiger partial charge on any atom is 0.416 e. The van der Waals surface area contributed by atoms with E-state index in [1.165, 1.54) is 48.2 Å². The van der Waals surface area contributed by atoms with E-state index in [1.54, 1.807) is 0 Å². The summed E-state index contributed by atoms with van der Waals surface area (Å²) < 4.78 is 101. The number of ether oxygens (including phenoxy) is 1. The molecule has 0 spiro atoms. The monoisotopic (exact) mass is 631 g/mol. The van der Waals surface area contributed by atoms with E-state index in [0.29, 0.717) is 0 Å². The highest BCUT2D eigenvalue weighted by molar-refractivity contribution is 7.91. The predicted molar refractivity (Wildman–Crippen MR) is 144 cm³/mol. The first-order valence-corrected chi connectivity index (χ1v) is 14.8. The number of aliphatic hydroxyl groups is 1. The zero-order chi connectivity index (χ0) is 30.9. The van der Waals surface area contributed by atoms with E-state index in [9.17, 15) is 40.3 Å². The summed E-state index contributed by atoms with van der Waals surface area (Å²) in [6, 6.07) is 12.0. The zero-order valence-electron chi connectivity index (χ0n) is 22.2. The highest BCUT2D eigenvalue weighted by atomic mass is 35.5. The number of sulfone groups is 1. The second-order valence-electron chi connectivity index (χ2n) is 10.2. The van der Waals surface area contributed by atoms with Crippen molar-refractivity contribution in [3.8, 4) is 0 Å². The number of alkyl halides is 3. The fourth-order valence-corrected chi connectivity index (χ4v) is 7.14. The van der Waals surface area contributed by atoms with Gasteiger partial charge in [0, 0.05) is 29.6 Å². The minimum atomic E-state index is -4.58. The highest BCUT2D eigenvalue weighted by Crippen LogP contribution is 2.39. The van der Waals surface area contributed by atoms with Gasteiger partial charge in [0.25, 0.3) is 0 Å².